The molecule has 0 radical (unpaired) electrons. The van der Waals surface area contributed by atoms with Crippen molar-refractivity contribution in [2.24, 2.45) is 0 Å². The summed E-state index contributed by atoms with van der Waals surface area (Å²) >= 11 is 0. The van der Waals surface area contributed by atoms with E-state index in [0.717, 1.165) is 25.1 Å². The maximum Gasteiger partial charge on any atom is 0.0681 e. The summed E-state index contributed by atoms with van der Waals surface area (Å²) in [5, 5.41) is 9.33. The van der Waals surface area contributed by atoms with Crippen molar-refractivity contribution >= 4 is 5.69 Å². The maximum atomic E-state index is 9.33. The zero-order chi connectivity index (χ0) is 17.2. The van der Waals surface area contributed by atoms with Gasteiger partial charge in [0.1, 0.15) is 0 Å². The van der Waals surface area contributed by atoms with Crippen molar-refractivity contribution in [3.8, 4) is 11.1 Å². The first-order valence-electron chi connectivity index (χ1n) is 8.88. The predicted octanol–water partition coefficient (Wildman–Crippen LogP) is 4.72. The molecule has 0 atom stereocenters. The van der Waals surface area contributed by atoms with E-state index in [4.69, 9.17) is 0 Å². The smallest absolute Gasteiger partial charge is 0.0681 e. The molecule has 3 aromatic rings. The van der Waals surface area contributed by atoms with E-state index in [-0.39, 0.29) is 6.61 Å². The van der Waals surface area contributed by atoms with E-state index in [2.05, 4.69) is 72.5 Å². The van der Waals surface area contributed by atoms with E-state index in [9.17, 15) is 5.11 Å². The standard InChI is InChI=1S/C23H23NO/c1-17-22(19-6-3-2-4-7-19)8-5-9-23(17)24-13-12-20-14-18(16-25)10-11-21(20)15-24/h2-11,14,25H,12-13,15-16H2,1H3. The Bertz CT molecular complexity index is 886. The third kappa shape index (κ3) is 3.06. The van der Waals surface area contributed by atoms with Crippen molar-refractivity contribution in [1.82, 2.24) is 0 Å². The van der Waals surface area contributed by atoms with Crippen LogP contribution in [0, 0.1) is 6.92 Å². The summed E-state index contributed by atoms with van der Waals surface area (Å²) in [6.45, 7) is 4.29. The lowest BCUT2D eigenvalue weighted by molar-refractivity contribution is 0.281. The van der Waals surface area contributed by atoms with Crippen LogP contribution in [0.3, 0.4) is 0 Å². The molecule has 4 rings (SSSR count). The molecular weight excluding hydrogens is 306 g/mol. The molecule has 0 fully saturated rings. The van der Waals surface area contributed by atoms with Crippen molar-refractivity contribution in [3.05, 3.63) is 89.0 Å². The minimum Gasteiger partial charge on any atom is -0.392 e. The lowest BCUT2D eigenvalue weighted by Crippen LogP contribution is -2.31. The average Bonchev–Trinajstić information content (AvgIpc) is 2.68. The third-order valence-electron chi connectivity index (χ3n) is 5.20. The molecule has 3 aromatic carbocycles. The molecule has 1 aliphatic rings. The van der Waals surface area contributed by atoms with Crippen LogP contribution in [0.2, 0.25) is 0 Å². The molecule has 126 valence electrons. The van der Waals surface area contributed by atoms with Crippen molar-refractivity contribution in [2.45, 2.75) is 26.5 Å². The summed E-state index contributed by atoms with van der Waals surface area (Å²) in [6, 6.07) is 23.6. The highest BCUT2D eigenvalue weighted by Gasteiger charge is 2.19. The summed E-state index contributed by atoms with van der Waals surface area (Å²) in [6.07, 6.45) is 1.03. The molecule has 0 amide bonds. The van der Waals surface area contributed by atoms with Crippen molar-refractivity contribution in [3.63, 3.8) is 0 Å². The Morgan fingerprint density at radius 3 is 2.56 bits per heavy atom. The van der Waals surface area contributed by atoms with Gasteiger partial charge in [-0.1, -0.05) is 60.7 Å². The second-order valence-corrected chi connectivity index (χ2v) is 6.75. The van der Waals surface area contributed by atoms with Gasteiger partial charge < -0.3 is 10.0 Å². The van der Waals surface area contributed by atoms with Crippen LogP contribution >= 0.6 is 0 Å². The van der Waals surface area contributed by atoms with Gasteiger partial charge in [-0.05, 0) is 52.8 Å². The van der Waals surface area contributed by atoms with Crippen LogP contribution in [0.25, 0.3) is 11.1 Å². The number of aliphatic hydroxyl groups is 1. The number of hydrogen-bond donors (Lipinski definition) is 1. The molecule has 0 bridgehead atoms. The van der Waals surface area contributed by atoms with Crippen LogP contribution in [0.5, 0.6) is 0 Å². The number of hydrogen-bond acceptors (Lipinski definition) is 2. The number of nitrogens with zero attached hydrogens (tertiary/aromatic N) is 1. The fourth-order valence-corrected chi connectivity index (χ4v) is 3.81. The molecule has 2 nitrogen and oxygen atoms in total. The van der Waals surface area contributed by atoms with Gasteiger partial charge in [-0.15, -0.1) is 0 Å². The minimum absolute atomic E-state index is 0.120. The first-order valence-corrected chi connectivity index (χ1v) is 8.88. The maximum absolute atomic E-state index is 9.33. The summed E-state index contributed by atoms with van der Waals surface area (Å²) in [4.78, 5) is 2.47. The molecule has 0 unspecified atom stereocenters. The van der Waals surface area contributed by atoms with E-state index < -0.39 is 0 Å². The Labute approximate surface area is 149 Å². The molecule has 1 N–H and O–H groups in total. The number of aliphatic hydroxyl groups excluding tert-OH is 1. The summed E-state index contributed by atoms with van der Waals surface area (Å²) in [7, 11) is 0. The number of anilines is 1. The number of fused-ring (bicyclic) bond motifs is 1. The largest absolute Gasteiger partial charge is 0.392 e. The highest BCUT2D eigenvalue weighted by Crippen LogP contribution is 2.33. The van der Waals surface area contributed by atoms with Gasteiger partial charge in [-0.25, -0.2) is 0 Å². The average molecular weight is 329 g/mol. The summed E-state index contributed by atoms with van der Waals surface area (Å²) < 4.78 is 0. The molecule has 0 saturated carbocycles. The Balaban J connectivity index is 1.67. The van der Waals surface area contributed by atoms with Gasteiger partial charge in [-0.2, -0.15) is 0 Å². The second kappa shape index (κ2) is 6.73. The van der Waals surface area contributed by atoms with Gasteiger partial charge >= 0.3 is 0 Å². The number of rotatable bonds is 3. The zero-order valence-corrected chi connectivity index (χ0v) is 14.6. The first kappa shape index (κ1) is 15.9. The highest BCUT2D eigenvalue weighted by atomic mass is 16.3. The Kier molecular flexibility index (Phi) is 4.29. The predicted molar refractivity (Wildman–Crippen MR) is 104 cm³/mol. The SMILES string of the molecule is Cc1c(-c2ccccc2)cccc1N1CCc2cc(CO)ccc2C1. The van der Waals surface area contributed by atoms with Gasteiger partial charge in [0.2, 0.25) is 0 Å². The van der Waals surface area contributed by atoms with E-state index >= 15 is 0 Å². The van der Waals surface area contributed by atoms with E-state index in [0.29, 0.717) is 0 Å². The van der Waals surface area contributed by atoms with Crippen LogP contribution in [0.1, 0.15) is 22.3 Å². The van der Waals surface area contributed by atoms with Gasteiger partial charge in [-0.3, -0.25) is 0 Å². The fourth-order valence-electron chi connectivity index (χ4n) is 3.81. The first-order chi connectivity index (χ1) is 12.3. The lowest BCUT2D eigenvalue weighted by Gasteiger charge is -2.32. The van der Waals surface area contributed by atoms with Gasteiger partial charge in [0.05, 0.1) is 6.61 Å². The van der Waals surface area contributed by atoms with Crippen LogP contribution in [-0.2, 0) is 19.6 Å². The quantitative estimate of drug-likeness (QED) is 0.752. The lowest BCUT2D eigenvalue weighted by atomic mass is 9.95. The van der Waals surface area contributed by atoms with Crippen LogP contribution in [0.4, 0.5) is 5.69 Å². The second-order valence-electron chi connectivity index (χ2n) is 6.75. The van der Waals surface area contributed by atoms with Crippen LogP contribution < -0.4 is 4.90 Å². The third-order valence-corrected chi connectivity index (χ3v) is 5.20. The van der Waals surface area contributed by atoms with E-state index in [1.54, 1.807) is 0 Å². The minimum atomic E-state index is 0.120. The van der Waals surface area contributed by atoms with Crippen LogP contribution in [0.15, 0.2) is 66.7 Å². The van der Waals surface area contributed by atoms with Gasteiger partial charge in [0.15, 0.2) is 0 Å². The number of benzene rings is 3. The Hall–Kier alpha value is -2.58. The molecule has 25 heavy (non-hydrogen) atoms. The Morgan fingerprint density at radius 1 is 0.920 bits per heavy atom. The fraction of sp³-hybridized carbons (Fsp3) is 0.217. The molecule has 0 aromatic heterocycles. The molecule has 0 saturated heterocycles. The van der Waals surface area contributed by atoms with Gasteiger partial charge in [0.25, 0.3) is 0 Å². The highest BCUT2D eigenvalue weighted by molar-refractivity contribution is 5.74. The van der Waals surface area contributed by atoms with Crippen molar-refractivity contribution in [2.75, 3.05) is 11.4 Å². The van der Waals surface area contributed by atoms with E-state index in [1.807, 2.05) is 6.07 Å². The molecular formula is C23H23NO. The topological polar surface area (TPSA) is 23.5 Å². The summed E-state index contributed by atoms with van der Waals surface area (Å²) in [5.41, 5.74) is 8.98. The van der Waals surface area contributed by atoms with Crippen molar-refractivity contribution < 1.29 is 5.11 Å². The van der Waals surface area contributed by atoms with Crippen LogP contribution in [-0.4, -0.2) is 11.7 Å². The van der Waals surface area contributed by atoms with Gasteiger partial charge in [0, 0.05) is 18.8 Å². The van der Waals surface area contributed by atoms with Crippen molar-refractivity contribution in [1.29, 1.82) is 0 Å². The molecule has 2 heteroatoms. The normalized spacial score (nSPS) is 13.6. The molecule has 0 aliphatic carbocycles. The molecule has 1 heterocycles. The monoisotopic (exact) mass is 329 g/mol. The Morgan fingerprint density at radius 2 is 1.76 bits per heavy atom. The molecule has 0 spiro atoms. The summed E-state index contributed by atoms with van der Waals surface area (Å²) in [5.74, 6) is 0. The zero-order valence-electron chi connectivity index (χ0n) is 14.6. The van der Waals surface area contributed by atoms with E-state index in [1.165, 1.54) is 33.5 Å². The molecule has 1 aliphatic heterocycles.